The SMILES string of the molecule is NC(C(=O)N1CCC2(CC1)c1nc[nH]c1CCN2C(=O)C1CC1)c1ccccc1. The van der Waals surface area contributed by atoms with Crippen LogP contribution in [0.25, 0.3) is 0 Å². The highest BCUT2D eigenvalue weighted by Crippen LogP contribution is 2.45. The van der Waals surface area contributed by atoms with E-state index < -0.39 is 11.6 Å². The lowest BCUT2D eigenvalue weighted by Gasteiger charge is -2.50. The van der Waals surface area contributed by atoms with E-state index in [-0.39, 0.29) is 17.7 Å². The summed E-state index contributed by atoms with van der Waals surface area (Å²) in [6.07, 6.45) is 5.95. The molecule has 152 valence electrons. The van der Waals surface area contributed by atoms with Crippen LogP contribution in [0.1, 0.15) is 48.7 Å². The molecule has 0 bridgehead atoms. The quantitative estimate of drug-likeness (QED) is 0.830. The fourth-order valence-electron chi connectivity index (χ4n) is 4.95. The summed E-state index contributed by atoms with van der Waals surface area (Å²) in [5.41, 5.74) is 8.80. The number of carbonyl (C=O) groups excluding carboxylic acids is 2. The van der Waals surface area contributed by atoms with Crippen LogP contribution in [0.4, 0.5) is 0 Å². The van der Waals surface area contributed by atoms with Gasteiger partial charge >= 0.3 is 0 Å². The Morgan fingerprint density at radius 1 is 1.14 bits per heavy atom. The number of rotatable bonds is 3. The third-order valence-corrected chi connectivity index (χ3v) is 6.78. The van der Waals surface area contributed by atoms with Crippen molar-refractivity contribution >= 4 is 11.8 Å². The summed E-state index contributed by atoms with van der Waals surface area (Å²) in [7, 11) is 0. The number of H-pyrrole nitrogens is 1. The molecule has 5 rings (SSSR count). The number of hydrogen-bond donors (Lipinski definition) is 2. The molecule has 1 aromatic heterocycles. The topological polar surface area (TPSA) is 95.3 Å². The second-order valence-corrected chi connectivity index (χ2v) is 8.49. The van der Waals surface area contributed by atoms with Crippen LogP contribution in [-0.2, 0) is 21.5 Å². The maximum absolute atomic E-state index is 13.1. The third-order valence-electron chi connectivity index (χ3n) is 6.78. The maximum atomic E-state index is 13.1. The summed E-state index contributed by atoms with van der Waals surface area (Å²) < 4.78 is 0. The van der Waals surface area contributed by atoms with Crippen molar-refractivity contribution in [3.05, 3.63) is 53.6 Å². The number of benzene rings is 1. The zero-order valence-electron chi connectivity index (χ0n) is 16.5. The molecule has 3 aliphatic rings. The van der Waals surface area contributed by atoms with E-state index in [0.29, 0.717) is 25.9 Å². The first-order valence-corrected chi connectivity index (χ1v) is 10.5. The molecule has 1 aliphatic carbocycles. The Labute approximate surface area is 170 Å². The summed E-state index contributed by atoms with van der Waals surface area (Å²) >= 11 is 0. The molecule has 3 N–H and O–H groups in total. The first-order chi connectivity index (χ1) is 14.1. The van der Waals surface area contributed by atoms with E-state index in [1.54, 1.807) is 6.33 Å². The molecule has 1 saturated heterocycles. The number of nitrogens with two attached hydrogens (primary N) is 1. The van der Waals surface area contributed by atoms with Crippen molar-refractivity contribution in [2.75, 3.05) is 19.6 Å². The van der Waals surface area contributed by atoms with Crippen molar-refractivity contribution in [3.63, 3.8) is 0 Å². The summed E-state index contributed by atoms with van der Waals surface area (Å²) in [5, 5.41) is 0. The van der Waals surface area contributed by atoms with Crippen molar-refractivity contribution in [2.45, 2.75) is 43.7 Å². The number of hydrogen-bond acceptors (Lipinski definition) is 4. The molecule has 0 radical (unpaired) electrons. The Kier molecular flexibility index (Phi) is 4.42. The van der Waals surface area contributed by atoms with Crippen LogP contribution < -0.4 is 5.73 Å². The lowest BCUT2D eigenvalue weighted by Crippen LogP contribution is -2.59. The van der Waals surface area contributed by atoms with Crippen LogP contribution in [0.2, 0.25) is 0 Å². The standard InChI is InChI=1S/C22H27N5O2/c23-18(15-4-2-1-3-5-15)21(29)26-12-9-22(10-13-26)19-17(24-14-25-19)8-11-27(22)20(28)16-6-7-16/h1-5,14,16,18H,6-13,23H2,(H,24,25). The molecule has 1 saturated carbocycles. The summed E-state index contributed by atoms with van der Waals surface area (Å²) in [6, 6.07) is 8.84. The van der Waals surface area contributed by atoms with Crippen LogP contribution in [0.5, 0.6) is 0 Å². The van der Waals surface area contributed by atoms with Crippen molar-refractivity contribution in [3.8, 4) is 0 Å². The Morgan fingerprint density at radius 3 is 2.55 bits per heavy atom. The van der Waals surface area contributed by atoms with Gasteiger partial charge in [-0.25, -0.2) is 4.98 Å². The molecule has 7 nitrogen and oxygen atoms in total. The number of nitrogens with zero attached hydrogens (tertiary/aromatic N) is 3. The average molecular weight is 393 g/mol. The van der Waals surface area contributed by atoms with Gasteiger partial charge in [-0.3, -0.25) is 9.59 Å². The van der Waals surface area contributed by atoms with Gasteiger partial charge in [0.25, 0.3) is 0 Å². The number of piperidine rings is 1. The van der Waals surface area contributed by atoms with Gasteiger partial charge in [-0.05, 0) is 31.2 Å². The number of nitrogens with one attached hydrogen (secondary N) is 1. The zero-order chi connectivity index (χ0) is 20.0. The molecule has 2 amide bonds. The van der Waals surface area contributed by atoms with E-state index in [4.69, 9.17) is 5.73 Å². The molecule has 1 spiro atoms. The number of amides is 2. The smallest absolute Gasteiger partial charge is 0.244 e. The van der Waals surface area contributed by atoms with Gasteiger partial charge in [-0.2, -0.15) is 0 Å². The van der Waals surface area contributed by atoms with Gasteiger partial charge in [-0.15, -0.1) is 0 Å². The Balaban J connectivity index is 1.37. The fourth-order valence-corrected chi connectivity index (χ4v) is 4.95. The minimum atomic E-state index is -0.651. The first kappa shape index (κ1) is 18.4. The molecule has 7 heteroatoms. The van der Waals surface area contributed by atoms with Crippen LogP contribution in [0.3, 0.4) is 0 Å². The van der Waals surface area contributed by atoms with Crippen LogP contribution in [0.15, 0.2) is 36.7 Å². The van der Waals surface area contributed by atoms with E-state index in [9.17, 15) is 9.59 Å². The number of carbonyl (C=O) groups is 2. The Bertz CT molecular complexity index is 912. The zero-order valence-corrected chi connectivity index (χ0v) is 16.5. The van der Waals surface area contributed by atoms with Gasteiger partial charge < -0.3 is 20.5 Å². The normalized spacial score (nSPS) is 21.7. The minimum Gasteiger partial charge on any atom is -0.348 e. The van der Waals surface area contributed by atoms with Crippen LogP contribution in [-0.4, -0.2) is 51.2 Å². The molecule has 2 aromatic rings. The van der Waals surface area contributed by atoms with Crippen molar-refractivity contribution in [2.24, 2.45) is 11.7 Å². The molecule has 3 heterocycles. The molecular weight excluding hydrogens is 366 g/mol. The predicted molar refractivity (Wildman–Crippen MR) is 108 cm³/mol. The van der Waals surface area contributed by atoms with Gasteiger partial charge in [0.1, 0.15) is 6.04 Å². The van der Waals surface area contributed by atoms with Crippen LogP contribution in [0, 0.1) is 5.92 Å². The molecule has 29 heavy (non-hydrogen) atoms. The minimum absolute atomic E-state index is 0.0517. The van der Waals surface area contributed by atoms with E-state index >= 15 is 0 Å². The third kappa shape index (κ3) is 3.04. The van der Waals surface area contributed by atoms with Crippen molar-refractivity contribution in [1.82, 2.24) is 19.8 Å². The van der Waals surface area contributed by atoms with Gasteiger partial charge in [0.2, 0.25) is 11.8 Å². The Hall–Kier alpha value is -2.67. The number of likely N-dealkylation sites (tertiary alicyclic amines) is 1. The highest BCUT2D eigenvalue weighted by Gasteiger charge is 2.51. The molecule has 2 fully saturated rings. The predicted octanol–water partition coefficient (Wildman–Crippen LogP) is 1.72. The molecule has 2 aliphatic heterocycles. The molecular formula is C22H27N5O2. The lowest BCUT2D eigenvalue weighted by atomic mass is 9.78. The lowest BCUT2D eigenvalue weighted by molar-refractivity contribution is -0.146. The highest BCUT2D eigenvalue weighted by atomic mass is 16.2. The van der Waals surface area contributed by atoms with E-state index in [0.717, 1.165) is 42.8 Å². The largest absolute Gasteiger partial charge is 0.348 e. The van der Waals surface area contributed by atoms with Gasteiger partial charge in [0.05, 0.1) is 17.6 Å². The second kappa shape index (κ2) is 6.99. The van der Waals surface area contributed by atoms with Gasteiger partial charge in [0, 0.05) is 37.7 Å². The molecule has 1 atom stereocenters. The van der Waals surface area contributed by atoms with Crippen molar-refractivity contribution < 1.29 is 9.59 Å². The number of fused-ring (bicyclic) bond motifs is 2. The van der Waals surface area contributed by atoms with Crippen molar-refractivity contribution in [1.29, 1.82) is 0 Å². The average Bonchev–Trinajstić information content (AvgIpc) is 3.50. The highest BCUT2D eigenvalue weighted by molar-refractivity contribution is 5.84. The number of aromatic nitrogens is 2. The van der Waals surface area contributed by atoms with E-state index in [2.05, 4.69) is 14.9 Å². The van der Waals surface area contributed by atoms with Crippen LogP contribution >= 0.6 is 0 Å². The van der Waals surface area contributed by atoms with E-state index in [1.807, 2.05) is 35.2 Å². The summed E-state index contributed by atoms with van der Waals surface area (Å²) in [5.74, 6) is 0.391. The van der Waals surface area contributed by atoms with E-state index in [1.165, 1.54) is 0 Å². The fraction of sp³-hybridized carbons (Fsp3) is 0.500. The Morgan fingerprint density at radius 2 is 1.86 bits per heavy atom. The maximum Gasteiger partial charge on any atom is 0.244 e. The molecule has 1 unspecified atom stereocenters. The summed E-state index contributed by atoms with van der Waals surface area (Å²) in [6.45, 7) is 1.89. The number of imidazole rings is 1. The van der Waals surface area contributed by atoms with Gasteiger partial charge in [-0.1, -0.05) is 30.3 Å². The monoisotopic (exact) mass is 393 g/mol. The summed E-state index contributed by atoms with van der Waals surface area (Å²) in [4.78, 5) is 37.9. The first-order valence-electron chi connectivity index (χ1n) is 10.5. The van der Waals surface area contributed by atoms with Gasteiger partial charge in [0.15, 0.2) is 0 Å². The second-order valence-electron chi connectivity index (χ2n) is 8.49. The molecule has 1 aromatic carbocycles. The number of aromatic amines is 1.